The molecule has 1 aromatic rings. The minimum Gasteiger partial charge on any atom is -0.397 e. The van der Waals surface area contributed by atoms with E-state index in [1.165, 1.54) is 16.4 Å². The number of sulfonamides is 1. The summed E-state index contributed by atoms with van der Waals surface area (Å²) in [5.74, 6) is 0. The highest BCUT2D eigenvalue weighted by Gasteiger charge is 2.34. The molecule has 8 heteroatoms. The first-order chi connectivity index (χ1) is 9.37. The molecule has 0 saturated carbocycles. The number of anilines is 1. The zero-order valence-electron chi connectivity index (χ0n) is 11.0. The smallest absolute Gasteiger partial charge is 0.243 e. The van der Waals surface area contributed by atoms with Gasteiger partial charge in [-0.25, -0.2) is 8.42 Å². The van der Waals surface area contributed by atoms with Gasteiger partial charge in [0.1, 0.15) is 0 Å². The number of rotatable bonds is 3. The molecule has 3 N–H and O–H groups in total. The first-order valence-electron chi connectivity index (χ1n) is 6.14. The lowest BCUT2D eigenvalue weighted by Crippen LogP contribution is -2.50. The van der Waals surface area contributed by atoms with Crippen molar-refractivity contribution < 1.29 is 18.3 Å². The van der Waals surface area contributed by atoms with Gasteiger partial charge in [-0.15, -0.1) is 0 Å². The molecule has 1 fully saturated rings. The van der Waals surface area contributed by atoms with Crippen LogP contribution in [0.3, 0.4) is 0 Å². The van der Waals surface area contributed by atoms with Gasteiger partial charge in [0.2, 0.25) is 10.0 Å². The average molecular weight is 321 g/mol. The molecule has 1 saturated heterocycles. The van der Waals surface area contributed by atoms with E-state index in [0.29, 0.717) is 17.2 Å². The fraction of sp³-hybridized carbons (Fsp3) is 0.500. The minimum absolute atomic E-state index is 0.111. The van der Waals surface area contributed by atoms with Gasteiger partial charge in [0.15, 0.2) is 0 Å². The van der Waals surface area contributed by atoms with Crippen molar-refractivity contribution in [3.63, 3.8) is 0 Å². The Balaban J connectivity index is 2.46. The van der Waals surface area contributed by atoms with E-state index in [0.717, 1.165) is 0 Å². The summed E-state index contributed by atoms with van der Waals surface area (Å²) in [7, 11) is -3.74. The number of morpholine rings is 1. The van der Waals surface area contributed by atoms with Crippen LogP contribution < -0.4 is 5.73 Å². The van der Waals surface area contributed by atoms with Crippen molar-refractivity contribution in [2.24, 2.45) is 0 Å². The third-order valence-electron chi connectivity index (χ3n) is 3.27. The Bertz CT molecular complexity index is 606. The number of nitrogens with two attached hydrogens (primary N) is 1. The number of halogens is 1. The van der Waals surface area contributed by atoms with Crippen LogP contribution in [0.2, 0.25) is 5.02 Å². The van der Waals surface area contributed by atoms with Gasteiger partial charge in [-0.2, -0.15) is 4.31 Å². The molecule has 0 radical (unpaired) electrons. The van der Waals surface area contributed by atoms with Gasteiger partial charge in [0.05, 0.1) is 41.5 Å². The Labute approximate surface area is 123 Å². The van der Waals surface area contributed by atoms with Crippen molar-refractivity contribution in [2.75, 3.05) is 32.1 Å². The van der Waals surface area contributed by atoms with E-state index in [-0.39, 0.29) is 30.3 Å². The molecule has 1 heterocycles. The first-order valence-corrected chi connectivity index (χ1v) is 7.95. The fourth-order valence-corrected chi connectivity index (χ4v) is 4.22. The summed E-state index contributed by atoms with van der Waals surface area (Å²) < 4.78 is 31.9. The molecule has 2 rings (SSSR count). The van der Waals surface area contributed by atoms with Crippen LogP contribution in [-0.2, 0) is 14.8 Å². The van der Waals surface area contributed by atoms with E-state index in [9.17, 15) is 13.5 Å². The Hall–Kier alpha value is -0.860. The predicted molar refractivity (Wildman–Crippen MR) is 76.2 cm³/mol. The van der Waals surface area contributed by atoms with E-state index in [1.54, 1.807) is 6.92 Å². The molecular weight excluding hydrogens is 304 g/mol. The number of aliphatic hydroxyl groups excluding tert-OH is 1. The lowest BCUT2D eigenvalue weighted by Gasteiger charge is -2.33. The van der Waals surface area contributed by atoms with E-state index in [1.807, 2.05) is 0 Å². The monoisotopic (exact) mass is 320 g/mol. The molecule has 0 bridgehead atoms. The molecule has 1 aliphatic heterocycles. The molecule has 6 nitrogen and oxygen atoms in total. The number of aliphatic hydroxyl groups is 1. The van der Waals surface area contributed by atoms with Crippen LogP contribution in [0.5, 0.6) is 0 Å². The summed E-state index contributed by atoms with van der Waals surface area (Å²) in [6.45, 7) is 2.05. The molecule has 0 amide bonds. The summed E-state index contributed by atoms with van der Waals surface area (Å²) in [5.41, 5.74) is 6.43. The Morgan fingerprint density at radius 2 is 2.25 bits per heavy atom. The average Bonchev–Trinajstić information content (AvgIpc) is 2.42. The summed E-state index contributed by atoms with van der Waals surface area (Å²) in [6, 6.07) is 2.31. The van der Waals surface area contributed by atoms with Gasteiger partial charge in [0, 0.05) is 6.54 Å². The van der Waals surface area contributed by atoms with Gasteiger partial charge in [-0.1, -0.05) is 11.6 Å². The molecule has 1 aliphatic rings. The van der Waals surface area contributed by atoms with Gasteiger partial charge in [-0.3, -0.25) is 0 Å². The fourth-order valence-electron chi connectivity index (χ4n) is 2.17. The maximum absolute atomic E-state index is 12.7. The second-order valence-electron chi connectivity index (χ2n) is 4.67. The molecular formula is C12H17ClN2O4S. The maximum Gasteiger partial charge on any atom is 0.243 e. The summed E-state index contributed by atoms with van der Waals surface area (Å²) in [5, 5.41) is 9.63. The van der Waals surface area contributed by atoms with E-state index >= 15 is 0 Å². The number of hydrogen-bond donors (Lipinski definition) is 2. The van der Waals surface area contributed by atoms with Gasteiger partial charge in [0.25, 0.3) is 0 Å². The van der Waals surface area contributed by atoms with Crippen LogP contribution >= 0.6 is 11.6 Å². The van der Waals surface area contributed by atoms with E-state index in [4.69, 9.17) is 22.1 Å². The van der Waals surface area contributed by atoms with Crippen LogP contribution in [0.4, 0.5) is 5.69 Å². The highest BCUT2D eigenvalue weighted by molar-refractivity contribution is 7.89. The van der Waals surface area contributed by atoms with Crippen LogP contribution in [0.15, 0.2) is 17.0 Å². The SMILES string of the molecule is Cc1cc(Cl)c(N)cc1S(=O)(=O)N1CCOCC1CO. The minimum atomic E-state index is -3.74. The number of nitrogen functional groups attached to an aromatic ring is 1. The highest BCUT2D eigenvalue weighted by atomic mass is 35.5. The lowest BCUT2D eigenvalue weighted by molar-refractivity contribution is 0.0109. The van der Waals surface area contributed by atoms with Crippen LogP contribution in [-0.4, -0.2) is 50.2 Å². The zero-order valence-corrected chi connectivity index (χ0v) is 12.6. The second-order valence-corrected chi connectivity index (χ2v) is 6.93. The Morgan fingerprint density at radius 1 is 1.55 bits per heavy atom. The molecule has 20 heavy (non-hydrogen) atoms. The summed E-state index contributed by atoms with van der Waals surface area (Å²) >= 11 is 5.88. The number of hydrogen-bond acceptors (Lipinski definition) is 5. The van der Waals surface area contributed by atoms with Crippen LogP contribution in [0.1, 0.15) is 5.56 Å². The molecule has 112 valence electrons. The normalized spacial score (nSPS) is 21.1. The zero-order chi connectivity index (χ0) is 14.9. The third-order valence-corrected chi connectivity index (χ3v) is 5.69. The summed E-state index contributed by atoms with van der Waals surface area (Å²) in [6.07, 6.45) is 0. The number of ether oxygens (including phenoxy) is 1. The van der Waals surface area contributed by atoms with E-state index in [2.05, 4.69) is 0 Å². The van der Waals surface area contributed by atoms with Crippen LogP contribution in [0.25, 0.3) is 0 Å². The van der Waals surface area contributed by atoms with Crippen molar-refractivity contribution >= 4 is 27.3 Å². The van der Waals surface area contributed by atoms with Crippen LogP contribution in [0, 0.1) is 6.92 Å². The van der Waals surface area contributed by atoms with Crippen molar-refractivity contribution in [2.45, 2.75) is 17.9 Å². The van der Waals surface area contributed by atoms with E-state index < -0.39 is 16.1 Å². The van der Waals surface area contributed by atoms with Crippen molar-refractivity contribution in [1.29, 1.82) is 0 Å². The predicted octanol–water partition coefficient (Wildman–Crippen LogP) is 0.612. The molecule has 0 aliphatic carbocycles. The highest BCUT2D eigenvalue weighted by Crippen LogP contribution is 2.29. The van der Waals surface area contributed by atoms with Crippen molar-refractivity contribution in [3.05, 3.63) is 22.7 Å². The van der Waals surface area contributed by atoms with Crippen molar-refractivity contribution in [1.82, 2.24) is 4.31 Å². The van der Waals surface area contributed by atoms with Gasteiger partial charge in [-0.05, 0) is 24.6 Å². The standard InChI is InChI=1S/C12H17ClN2O4S/c1-8-4-10(13)11(14)5-12(8)20(17,18)15-2-3-19-7-9(15)6-16/h4-5,9,16H,2-3,6-7,14H2,1H3. The quantitative estimate of drug-likeness (QED) is 0.796. The first kappa shape index (κ1) is 15.5. The largest absolute Gasteiger partial charge is 0.397 e. The molecule has 1 aromatic carbocycles. The molecule has 0 aromatic heterocycles. The molecule has 1 atom stereocenters. The summed E-state index contributed by atoms with van der Waals surface area (Å²) in [4.78, 5) is 0.111. The number of nitrogens with zero attached hydrogens (tertiary/aromatic N) is 1. The Morgan fingerprint density at radius 3 is 2.90 bits per heavy atom. The Kier molecular flexibility index (Phi) is 4.55. The third kappa shape index (κ3) is 2.77. The van der Waals surface area contributed by atoms with Gasteiger partial charge < -0.3 is 15.6 Å². The number of benzene rings is 1. The van der Waals surface area contributed by atoms with Crippen molar-refractivity contribution in [3.8, 4) is 0 Å². The topological polar surface area (TPSA) is 92.9 Å². The lowest BCUT2D eigenvalue weighted by atomic mass is 10.2. The molecule has 1 unspecified atom stereocenters. The number of aryl methyl sites for hydroxylation is 1. The molecule has 0 spiro atoms. The van der Waals surface area contributed by atoms with Gasteiger partial charge >= 0.3 is 0 Å². The second kappa shape index (κ2) is 5.87. The maximum atomic E-state index is 12.7.